The molecule has 128 valence electrons. The predicted octanol–water partition coefficient (Wildman–Crippen LogP) is 5.56. The summed E-state index contributed by atoms with van der Waals surface area (Å²) in [5.41, 5.74) is -3.93. The van der Waals surface area contributed by atoms with Crippen LogP contribution in [0, 0.1) is 46.5 Å². The molecule has 0 bridgehead atoms. The molecule has 0 saturated carbocycles. The molecule has 10 heteroatoms. The maximum Gasteiger partial charge on any atom is 0.200 e. The third kappa shape index (κ3) is 2.61. The zero-order chi connectivity index (χ0) is 18.3. The Bertz CT molecular complexity index is 840. The molecule has 24 heavy (non-hydrogen) atoms. The van der Waals surface area contributed by atoms with E-state index >= 15 is 0 Å². The molecule has 0 amide bonds. The Morgan fingerprint density at radius 3 is 1.46 bits per heavy atom. The molecule has 0 fully saturated rings. The third-order valence-electron chi connectivity index (χ3n) is 2.89. The first-order valence-corrected chi connectivity index (χ1v) is 5.80. The molecule has 0 spiro atoms. The highest BCUT2D eigenvalue weighted by Gasteiger charge is 2.31. The molecule has 0 nitrogen and oxygen atoms in total. The van der Waals surface area contributed by atoms with Crippen LogP contribution >= 0.6 is 0 Å². The van der Waals surface area contributed by atoms with Crippen molar-refractivity contribution < 1.29 is 43.9 Å². The van der Waals surface area contributed by atoms with E-state index < -0.39 is 69.3 Å². The lowest BCUT2D eigenvalue weighted by molar-refractivity contribution is 0.374. The smallest absolute Gasteiger partial charge is 0.200 e. The van der Waals surface area contributed by atoms with Crippen LogP contribution in [0.3, 0.4) is 0 Å². The summed E-state index contributed by atoms with van der Waals surface area (Å²) in [4.78, 5) is 0. The minimum atomic E-state index is -2.69. The molecule has 2 aromatic rings. The van der Waals surface area contributed by atoms with Crippen molar-refractivity contribution in [1.82, 2.24) is 0 Å². The van der Waals surface area contributed by atoms with Crippen LogP contribution in [0.4, 0.5) is 43.9 Å². The molecule has 0 aromatic heterocycles. The van der Waals surface area contributed by atoms with E-state index in [-0.39, 0.29) is 12.1 Å². The first kappa shape index (κ1) is 17.8. The van der Waals surface area contributed by atoms with Gasteiger partial charge in [0.15, 0.2) is 52.4 Å². The normalized spacial score (nSPS) is 12.4. The Balaban J connectivity index is 2.79. The van der Waals surface area contributed by atoms with Gasteiger partial charge in [-0.05, 0) is 12.1 Å². The molecule has 0 N–H and O–H groups in total. The SMILES string of the molecule is FC(=C(F)c1c(F)c(F)c(F)c(F)c1F)c1ccc(F)c(F)c1F. The van der Waals surface area contributed by atoms with Gasteiger partial charge in [0.25, 0.3) is 0 Å². The Kier molecular flexibility index (Phi) is 4.59. The van der Waals surface area contributed by atoms with Crippen LogP contribution in [-0.2, 0) is 0 Å². The summed E-state index contributed by atoms with van der Waals surface area (Å²) in [5, 5.41) is 0. The Morgan fingerprint density at radius 1 is 0.500 bits per heavy atom. The average molecular weight is 360 g/mol. The van der Waals surface area contributed by atoms with Crippen LogP contribution < -0.4 is 0 Å². The van der Waals surface area contributed by atoms with E-state index in [1.807, 2.05) is 0 Å². The van der Waals surface area contributed by atoms with E-state index in [2.05, 4.69) is 0 Å². The van der Waals surface area contributed by atoms with Gasteiger partial charge in [-0.3, -0.25) is 0 Å². The largest absolute Gasteiger partial charge is 0.204 e. The summed E-state index contributed by atoms with van der Waals surface area (Å²) >= 11 is 0. The molecular weight excluding hydrogens is 358 g/mol. The van der Waals surface area contributed by atoms with Crippen LogP contribution in [0.25, 0.3) is 11.7 Å². The van der Waals surface area contributed by atoms with Crippen molar-refractivity contribution in [2.24, 2.45) is 0 Å². The predicted molar refractivity (Wildman–Crippen MR) is 61.6 cm³/mol. The van der Waals surface area contributed by atoms with Gasteiger partial charge in [-0.1, -0.05) is 0 Å². The van der Waals surface area contributed by atoms with Crippen molar-refractivity contribution in [1.29, 1.82) is 0 Å². The van der Waals surface area contributed by atoms with E-state index in [0.717, 1.165) is 0 Å². The topological polar surface area (TPSA) is 0 Å². The summed E-state index contributed by atoms with van der Waals surface area (Å²) in [6.45, 7) is 0. The van der Waals surface area contributed by atoms with Gasteiger partial charge in [-0.25, -0.2) is 43.9 Å². The Labute approximate surface area is 126 Å². The van der Waals surface area contributed by atoms with E-state index in [4.69, 9.17) is 0 Å². The summed E-state index contributed by atoms with van der Waals surface area (Å²) < 4.78 is 132. The number of hydrogen-bond acceptors (Lipinski definition) is 0. The lowest BCUT2D eigenvalue weighted by atomic mass is 10.1. The van der Waals surface area contributed by atoms with Crippen LogP contribution in [0.15, 0.2) is 12.1 Å². The van der Waals surface area contributed by atoms with Crippen LogP contribution in [0.1, 0.15) is 11.1 Å². The maximum absolute atomic E-state index is 13.8. The molecule has 2 rings (SSSR count). The van der Waals surface area contributed by atoms with Gasteiger partial charge in [0, 0.05) is 0 Å². The summed E-state index contributed by atoms with van der Waals surface area (Å²) in [7, 11) is 0. The van der Waals surface area contributed by atoms with Crippen molar-refractivity contribution in [3.8, 4) is 0 Å². The van der Waals surface area contributed by atoms with Crippen molar-refractivity contribution in [2.75, 3.05) is 0 Å². The quantitative estimate of drug-likeness (QED) is 0.285. The van der Waals surface area contributed by atoms with Crippen molar-refractivity contribution in [2.45, 2.75) is 0 Å². The molecule has 0 radical (unpaired) electrons. The monoisotopic (exact) mass is 360 g/mol. The fraction of sp³-hybridized carbons (Fsp3) is 0. The molecule has 2 aromatic carbocycles. The number of halogens is 10. The second-order valence-electron chi connectivity index (χ2n) is 4.30. The lowest BCUT2D eigenvalue weighted by Gasteiger charge is -2.08. The first-order valence-electron chi connectivity index (χ1n) is 5.80. The molecule has 0 aliphatic heterocycles. The van der Waals surface area contributed by atoms with Gasteiger partial charge in [-0.15, -0.1) is 0 Å². The molecule has 0 aliphatic rings. The van der Waals surface area contributed by atoms with Gasteiger partial charge in [0.1, 0.15) is 0 Å². The highest BCUT2D eigenvalue weighted by atomic mass is 19.2. The van der Waals surface area contributed by atoms with Gasteiger partial charge in [-0.2, -0.15) is 0 Å². The second-order valence-corrected chi connectivity index (χ2v) is 4.30. The van der Waals surface area contributed by atoms with Crippen molar-refractivity contribution >= 4 is 11.7 Å². The number of rotatable bonds is 2. The summed E-state index contributed by atoms with van der Waals surface area (Å²) in [6.07, 6.45) is 0. The zero-order valence-electron chi connectivity index (χ0n) is 10.9. The summed E-state index contributed by atoms with van der Waals surface area (Å²) in [5.74, 6) is -24.7. The molecule has 0 saturated heterocycles. The van der Waals surface area contributed by atoms with Crippen molar-refractivity contribution in [3.63, 3.8) is 0 Å². The third-order valence-corrected chi connectivity index (χ3v) is 2.89. The van der Waals surface area contributed by atoms with Gasteiger partial charge < -0.3 is 0 Å². The number of hydrogen-bond donors (Lipinski definition) is 0. The molecule has 0 aliphatic carbocycles. The summed E-state index contributed by atoms with van der Waals surface area (Å²) in [6, 6.07) is 0.341. The van der Waals surface area contributed by atoms with E-state index in [1.54, 1.807) is 0 Å². The van der Waals surface area contributed by atoms with E-state index in [1.165, 1.54) is 0 Å². The van der Waals surface area contributed by atoms with E-state index in [9.17, 15) is 43.9 Å². The average Bonchev–Trinajstić information content (AvgIpc) is 2.55. The van der Waals surface area contributed by atoms with Crippen LogP contribution in [0.2, 0.25) is 0 Å². The fourth-order valence-corrected chi connectivity index (χ4v) is 1.72. The van der Waals surface area contributed by atoms with Crippen molar-refractivity contribution in [3.05, 3.63) is 69.8 Å². The minimum absolute atomic E-state index is 0.166. The lowest BCUT2D eigenvalue weighted by Crippen LogP contribution is -2.06. The second kappa shape index (κ2) is 6.17. The minimum Gasteiger partial charge on any atom is -0.204 e. The van der Waals surface area contributed by atoms with Gasteiger partial charge >= 0.3 is 0 Å². The standard InChI is InChI=1S/C14H2F10/c15-4-2-1-3(6(16)8(4)18)7(17)9(19)5-10(20)12(22)14(24)13(23)11(5)21/h1-2H. The van der Waals surface area contributed by atoms with Crippen LogP contribution in [-0.4, -0.2) is 0 Å². The van der Waals surface area contributed by atoms with Gasteiger partial charge in [0.2, 0.25) is 5.82 Å². The molecular formula is C14H2F10. The molecule has 0 heterocycles. The first-order chi connectivity index (χ1) is 11.1. The van der Waals surface area contributed by atoms with E-state index in [0.29, 0.717) is 0 Å². The zero-order valence-corrected chi connectivity index (χ0v) is 10.9. The highest BCUT2D eigenvalue weighted by Crippen LogP contribution is 2.36. The Morgan fingerprint density at radius 2 is 0.958 bits per heavy atom. The fourth-order valence-electron chi connectivity index (χ4n) is 1.72. The van der Waals surface area contributed by atoms with Gasteiger partial charge in [0.05, 0.1) is 11.1 Å². The highest BCUT2D eigenvalue weighted by molar-refractivity contribution is 5.83. The number of benzene rings is 2. The maximum atomic E-state index is 13.8. The van der Waals surface area contributed by atoms with Crippen LogP contribution in [0.5, 0.6) is 0 Å². The molecule has 0 unspecified atom stereocenters. The Hall–Kier alpha value is -2.52. The molecule has 0 atom stereocenters.